The van der Waals surface area contributed by atoms with Crippen molar-refractivity contribution in [2.24, 2.45) is 0 Å². The van der Waals surface area contributed by atoms with Crippen LogP contribution in [0.4, 0.5) is 0 Å². The van der Waals surface area contributed by atoms with E-state index in [4.69, 9.17) is 0 Å². The first-order chi connectivity index (χ1) is 9.76. The highest BCUT2D eigenvalue weighted by Crippen LogP contribution is 2.19. The number of aromatic nitrogens is 2. The van der Waals surface area contributed by atoms with Gasteiger partial charge in [0, 0.05) is 16.2 Å². The Kier molecular flexibility index (Phi) is 3.56. The van der Waals surface area contributed by atoms with Crippen molar-refractivity contribution in [2.75, 3.05) is 0 Å². The second kappa shape index (κ2) is 5.51. The molecule has 0 N–H and O–H groups in total. The molecule has 20 heavy (non-hydrogen) atoms. The van der Waals surface area contributed by atoms with Gasteiger partial charge >= 0.3 is 0 Å². The van der Waals surface area contributed by atoms with Crippen LogP contribution in [0.5, 0.6) is 0 Å². The molecule has 0 spiro atoms. The summed E-state index contributed by atoms with van der Waals surface area (Å²) in [5.41, 5.74) is 2.02. The molecular weight excluding hydrogens is 268 g/mol. The van der Waals surface area contributed by atoms with Crippen molar-refractivity contribution in [3.63, 3.8) is 0 Å². The van der Waals surface area contributed by atoms with Gasteiger partial charge in [-0.05, 0) is 30.7 Å². The molecule has 0 unspecified atom stereocenters. The van der Waals surface area contributed by atoms with E-state index in [0.717, 1.165) is 22.3 Å². The molecule has 3 nitrogen and oxygen atoms in total. The second-order valence-corrected chi connectivity index (χ2v) is 5.82. The fourth-order valence-electron chi connectivity index (χ4n) is 2.05. The number of para-hydroxylation sites is 2. The molecule has 0 aliphatic heterocycles. The monoisotopic (exact) mass is 282 g/mol. The maximum absolute atomic E-state index is 12.3. The number of ketones is 1. The molecule has 3 aromatic rings. The number of thiophene rings is 1. The van der Waals surface area contributed by atoms with Gasteiger partial charge in [0.15, 0.2) is 5.78 Å². The van der Waals surface area contributed by atoms with Crippen molar-refractivity contribution in [1.82, 2.24) is 9.97 Å². The van der Waals surface area contributed by atoms with Gasteiger partial charge in [0.25, 0.3) is 0 Å². The van der Waals surface area contributed by atoms with E-state index < -0.39 is 0 Å². The minimum Gasteiger partial charge on any atom is -0.292 e. The smallest absolute Gasteiger partial charge is 0.187 e. The van der Waals surface area contributed by atoms with Crippen molar-refractivity contribution >= 4 is 28.2 Å². The normalized spacial score (nSPS) is 10.8. The predicted molar refractivity (Wildman–Crippen MR) is 81.3 cm³/mol. The van der Waals surface area contributed by atoms with E-state index in [1.54, 1.807) is 17.5 Å². The number of nitrogens with zero attached hydrogens (tertiary/aromatic N) is 2. The number of fused-ring (bicyclic) bond motifs is 1. The molecule has 0 amide bonds. The van der Waals surface area contributed by atoms with E-state index in [0.29, 0.717) is 12.1 Å². The molecule has 0 aliphatic rings. The summed E-state index contributed by atoms with van der Waals surface area (Å²) in [4.78, 5) is 23.3. The largest absolute Gasteiger partial charge is 0.292 e. The van der Waals surface area contributed by atoms with Crippen LogP contribution in [0.2, 0.25) is 0 Å². The quantitative estimate of drug-likeness (QED) is 0.686. The number of aryl methyl sites for hydroxylation is 1. The van der Waals surface area contributed by atoms with Gasteiger partial charge in [0.05, 0.1) is 17.2 Å². The SMILES string of the molecule is CCc1ccc(CC(=O)c2cnc3ccccc3n2)s1. The third kappa shape index (κ3) is 2.60. The van der Waals surface area contributed by atoms with E-state index in [1.807, 2.05) is 30.3 Å². The van der Waals surface area contributed by atoms with Crippen LogP contribution in [-0.2, 0) is 12.8 Å². The number of Topliss-reactive ketones (excluding diaryl/α,β-unsaturated/α-hetero) is 1. The first-order valence-corrected chi connectivity index (χ1v) is 7.40. The second-order valence-electron chi connectivity index (χ2n) is 4.57. The molecular formula is C16H14N2OS. The highest BCUT2D eigenvalue weighted by atomic mass is 32.1. The lowest BCUT2D eigenvalue weighted by atomic mass is 10.2. The van der Waals surface area contributed by atoms with Crippen LogP contribution in [-0.4, -0.2) is 15.8 Å². The Balaban J connectivity index is 1.84. The molecule has 0 saturated carbocycles. The van der Waals surface area contributed by atoms with Gasteiger partial charge in [-0.25, -0.2) is 4.98 Å². The van der Waals surface area contributed by atoms with Crippen LogP contribution in [0.3, 0.4) is 0 Å². The summed E-state index contributed by atoms with van der Waals surface area (Å²) >= 11 is 1.69. The van der Waals surface area contributed by atoms with Crippen molar-refractivity contribution < 1.29 is 4.79 Å². The molecule has 0 bridgehead atoms. The Labute approximate surface area is 121 Å². The molecule has 2 aromatic heterocycles. The van der Waals surface area contributed by atoms with Crippen molar-refractivity contribution in [3.8, 4) is 0 Å². The van der Waals surface area contributed by atoms with E-state index in [2.05, 4.69) is 23.0 Å². The molecule has 0 saturated heterocycles. The summed E-state index contributed by atoms with van der Waals surface area (Å²) in [7, 11) is 0. The summed E-state index contributed by atoms with van der Waals surface area (Å²) in [6, 6.07) is 11.7. The zero-order chi connectivity index (χ0) is 13.9. The standard InChI is InChI=1S/C16H14N2OS/c1-2-11-7-8-12(20-11)9-16(19)15-10-17-13-5-3-4-6-14(13)18-15/h3-8,10H,2,9H2,1H3. The zero-order valence-electron chi connectivity index (χ0n) is 11.2. The van der Waals surface area contributed by atoms with Gasteiger partial charge < -0.3 is 0 Å². The minimum atomic E-state index is 0.0211. The Morgan fingerprint density at radius 3 is 2.60 bits per heavy atom. The average molecular weight is 282 g/mol. The fraction of sp³-hybridized carbons (Fsp3) is 0.188. The average Bonchev–Trinajstić information content (AvgIpc) is 2.94. The highest BCUT2D eigenvalue weighted by Gasteiger charge is 2.11. The molecule has 2 heterocycles. The summed E-state index contributed by atoms with van der Waals surface area (Å²) in [5.74, 6) is 0.0211. The van der Waals surface area contributed by atoms with E-state index in [1.165, 1.54) is 4.88 Å². The van der Waals surface area contributed by atoms with Crippen LogP contribution >= 0.6 is 11.3 Å². The van der Waals surface area contributed by atoms with E-state index in [9.17, 15) is 4.79 Å². The van der Waals surface area contributed by atoms with E-state index in [-0.39, 0.29) is 5.78 Å². The van der Waals surface area contributed by atoms with Gasteiger partial charge in [-0.3, -0.25) is 9.78 Å². The predicted octanol–water partition coefficient (Wildman–Crippen LogP) is 3.68. The number of hydrogen-bond donors (Lipinski definition) is 0. The van der Waals surface area contributed by atoms with Crippen LogP contribution in [0.25, 0.3) is 11.0 Å². The summed E-state index contributed by atoms with van der Waals surface area (Å²) in [6.07, 6.45) is 2.98. The lowest BCUT2D eigenvalue weighted by molar-refractivity contribution is 0.0989. The van der Waals surface area contributed by atoms with Crippen molar-refractivity contribution in [1.29, 1.82) is 0 Å². The van der Waals surface area contributed by atoms with Gasteiger partial charge in [-0.15, -0.1) is 11.3 Å². The third-order valence-corrected chi connectivity index (χ3v) is 4.36. The summed E-state index contributed by atoms with van der Waals surface area (Å²) in [5, 5.41) is 0. The maximum atomic E-state index is 12.3. The van der Waals surface area contributed by atoms with Gasteiger partial charge in [0.1, 0.15) is 5.69 Å². The lowest BCUT2D eigenvalue weighted by Gasteiger charge is -2.00. The Morgan fingerprint density at radius 1 is 1.10 bits per heavy atom. The van der Waals surface area contributed by atoms with Gasteiger partial charge in [-0.1, -0.05) is 19.1 Å². The Bertz CT molecular complexity index is 764. The third-order valence-electron chi connectivity index (χ3n) is 3.13. The van der Waals surface area contributed by atoms with Gasteiger partial charge in [-0.2, -0.15) is 0 Å². The van der Waals surface area contributed by atoms with Crippen molar-refractivity contribution in [2.45, 2.75) is 19.8 Å². The first-order valence-electron chi connectivity index (χ1n) is 6.59. The molecule has 0 atom stereocenters. The van der Waals surface area contributed by atoms with Crippen LogP contribution < -0.4 is 0 Å². The molecule has 4 heteroatoms. The molecule has 0 radical (unpaired) electrons. The molecule has 0 fully saturated rings. The maximum Gasteiger partial charge on any atom is 0.187 e. The molecule has 3 rings (SSSR count). The number of rotatable bonds is 4. The molecule has 0 aliphatic carbocycles. The summed E-state index contributed by atoms with van der Waals surface area (Å²) in [6.45, 7) is 2.12. The lowest BCUT2D eigenvalue weighted by Crippen LogP contribution is -2.05. The topological polar surface area (TPSA) is 42.9 Å². The van der Waals surface area contributed by atoms with Crippen LogP contribution in [0.1, 0.15) is 27.2 Å². The number of carbonyl (C=O) groups excluding carboxylic acids is 1. The first kappa shape index (κ1) is 12.9. The number of benzene rings is 1. The van der Waals surface area contributed by atoms with Crippen LogP contribution in [0.15, 0.2) is 42.6 Å². The number of carbonyl (C=O) groups is 1. The van der Waals surface area contributed by atoms with Gasteiger partial charge in [0.2, 0.25) is 0 Å². The highest BCUT2D eigenvalue weighted by molar-refractivity contribution is 7.12. The molecule has 1 aromatic carbocycles. The zero-order valence-corrected chi connectivity index (χ0v) is 12.0. The van der Waals surface area contributed by atoms with E-state index >= 15 is 0 Å². The Hall–Kier alpha value is -2.07. The van der Waals surface area contributed by atoms with Crippen molar-refractivity contribution in [3.05, 3.63) is 58.0 Å². The number of hydrogen-bond acceptors (Lipinski definition) is 4. The fourth-order valence-corrected chi connectivity index (χ4v) is 3.00. The van der Waals surface area contributed by atoms with Crippen LogP contribution in [0, 0.1) is 0 Å². The Morgan fingerprint density at radius 2 is 1.85 bits per heavy atom. The summed E-state index contributed by atoms with van der Waals surface area (Å²) < 4.78 is 0. The molecule has 100 valence electrons. The minimum absolute atomic E-state index is 0.0211.